The van der Waals surface area contributed by atoms with Crippen molar-refractivity contribution in [1.82, 2.24) is 0 Å². The number of halogens is 4. The predicted octanol–water partition coefficient (Wildman–Crippen LogP) is 1.19. The van der Waals surface area contributed by atoms with Crippen molar-refractivity contribution in [3.63, 3.8) is 0 Å². The molecule has 0 fully saturated rings. The first-order valence-corrected chi connectivity index (χ1v) is 5.65. The summed E-state index contributed by atoms with van der Waals surface area (Å²) in [6, 6.07) is 0. The predicted molar refractivity (Wildman–Crippen MR) is 62.8 cm³/mol. The standard InChI is InChI=1S/C11H7ClF3NO4.H2O/c1-2-20-5(18)3-4(17)6-8(13)7(12)9(14)10(15)11(6)16-19;/h2-3H2,1H3;1H2. The summed E-state index contributed by atoms with van der Waals surface area (Å²) in [6.45, 7) is 1.45. The molecule has 0 aromatic heterocycles. The van der Waals surface area contributed by atoms with Crippen molar-refractivity contribution in [2.45, 2.75) is 13.3 Å². The number of hydrogen-bond donors (Lipinski definition) is 1. The van der Waals surface area contributed by atoms with E-state index >= 15 is 0 Å². The highest BCUT2D eigenvalue weighted by Crippen LogP contribution is 2.30. The number of nitrogens with one attached hydrogen (secondary N) is 1. The van der Waals surface area contributed by atoms with Gasteiger partial charge in [0.25, 0.3) is 0 Å². The summed E-state index contributed by atoms with van der Waals surface area (Å²) in [6.07, 6.45) is -0.944. The van der Waals surface area contributed by atoms with Crippen LogP contribution in [0.3, 0.4) is 0 Å². The van der Waals surface area contributed by atoms with Gasteiger partial charge in [-0.05, 0) is 6.92 Å². The first-order chi connectivity index (χ1) is 9.34. The zero-order valence-corrected chi connectivity index (χ0v) is 11.3. The third-order valence-electron chi connectivity index (χ3n) is 2.26. The molecule has 0 atom stereocenters. The summed E-state index contributed by atoms with van der Waals surface area (Å²) in [5.74, 6) is -7.51. The monoisotopic (exact) mass is 327 g/mol. The minimum absolute atomic E-state index is 0. The molecule has 116 valence electrons. The van der Waals surface area contributed by atoms with Gasteiger partial charge in [-0.2, -0.15) is 4.39 Å². The minimum atomic E-state index is -1.81. The normalized spacial score (nSPS) is 9.76. The minimum Gasteiger partial charge on any atom is -0.870 e. The average molecular weight is 328 g/mol. The van der Waals surface area contributed by atoms with Crippen LogP contribution in [0.25, 0.3) is 0 Å². The van der Waals surface area contributed by atoms with Gasteiger partial charge in [0, 0.05) is 10.1 Å². The Morgan fingerprint density at radius 1 is 1.19 bits per heavy atom. The van der Waals surface area contributed by atoms with E-state index in [1.165, 1.54) is 6.92 Å². The number of Topliss-reactive ketones (excluding diaryl/α,β-unsaturated/α-hetero) is 1. The fraction of sp³-hybridized carbons (Fsp3) is 0.273. The van der Waals surface area contributed by atoms with E-state index in [4.69, 9.17) is 11.6 Å². The maximum Gasteiger partial charge on any atom is 0.313 e. The lowest BCUT2D eigenvalue weighted by molar-refractivity contribution is -0.383. The lowest BCUT2D eigenvalue weighted by Crippen LogP contribution is -2.58. The summed E-state index contributed by atoms with van der Waals surface area (Å²) in [4.78, 5) is 33.4. The van der Waals surface area contributed by atoms with Gasteiger partial charge >= 0.3 is 11.7 Å². The molecule has 0 heterocycles. The van der Waals surface area contributed by atoms with E-state index in [2.05, 4.69) is 4.74 Å². The molecule has 0 unspecified atom stereocenters. The molecule has 0 saturated heterocycles. The SMILES string of the molecule is CCOC(=O)CC(=O)c1c(F)c(Cl)c(F)c(F)c1[NH+]=O.[OH-]. The molecule has 21 heavy (non-hydrogen) atoms. The molecule has 10 heteroatoms. The maximum absolute atomic E-state index is 13.7. The van der Waals surface area contributed by atoms with Gasteiger partial charge in [-0.15, -0.1) is 0 Å². The first-order valence-electron chi connectivity index (χ1n) is 5.28. The number of ketones is 1. The van der Waals surface area contributed by atoms with Gasteiger partial charge < -0.3 is 10.2 Å². The van der Waals surface area contributed by atoms with Crippen molar-refractivity contribution >= 4 is 29.0 Å². The topological polar surface area (TPSA) is 104 Å². The van der Waals surface area contributed by atoms with E-state index < -0.39 is 51.9 Å². The third kappa shape index (κ3) is 3.76. The number of rotatable bonds is 5. The molecule has 0 spiro atoms. The van der Waals surface area contributed by atoms with Crippen LogP contribution in [-0.2, 0) is 9.53 Å². The van der Waals surface area contributed by atoms with Crippen LogP contribution in [0.2, 0.25) is 5.02 Å². The Morgan fingerprint density at radius 3 is 2.24 bits per heavy atom. The van der Waals surface area contributed by atoms with Crippen molar-refractivity contribution < 1.29 is 38.2 Å². The van der Waals surface area contributed by atoms with Crippen molar-refractivity contribution in [3.05, 3.63) is 32.9 Å². The molecule has 0 aliphatic heterocycles. The number of hydrogen-bond acceptors (Lipinski definition) is 5. The molecule has 0 bridgehead atoms. The van der Waals surface area contributed by atoms with Gasteiger partial charge in [0.15, 0.2) is 17.4 Å². The molecule has 0 amide bonds. The highest BCUT2D eigenvalue weighted by molar-refractivity contribution is 6.31. The van der Waals surface area contributed by atoms with E-state index in [1.54, 1.807) is 0 Å². The first kappa shape index (κ1) is 19.0. The molecule has 0 radical (unpaired) electrons. The zero-order chi connectivity index (χ0) is 15.4. The third-order valence-corrected chi connectivity index (χ3v) is 2.59. The van der Waals surface area contributed by atoms with Gasteiger partial charge in [0.2, 0.25) is 5.82 Å². The molecule has 0 aliphatic rings. The second-order valence-electron chi connectivity index (χ2n) is 3.51. The van der Waals surface area contributed by atoms with Gasteiger partial charge in [0.05, 0.1) is 6.61 Å². The Kier molecular flexibility index (Phi) is 6.96. The molecule has 0 saturated carbocycles. The number of nitroso groups, excluding NO2 is 1. The highest BCUT2D eigenvalue weighted by atomic mass is 35.5. The van der Waals surface area contributed by atoms with E-state index in [0.717, 1.165) is 5.18 Å². The van der Waals surface area contributed by atoms with E-state index in [0.29, 0.717) is 0 Å². The Morgan fingerprint density at radius 2 is 1.76 bits per heavy atom. The smallest absolute Gasteiger partial charge is 0.313 e. The summed E-state index contributed by atoms with van der Waals surface area (Å²) >= 11 is 5.17. The largest absolute Gasteiger partial charge is 0.870 e. The van der Waals surface area contributed by atoms with Crippen LogP contribution in [0, 0.1) is 22.4 Å². The summed E-state index contributed by atoms with van der Waals surface area (Å²) in [5.41, 5.74) is -2.38. The molecule has 0 aliphatic carbocycles. The molecular weight excluding hydrogens is 319 g/mol. The fourth-order valence-corrected chi connectivity index (χ4v) is 1.60. The van der Waals surface area contributed by atoms with Crippen molar-refractivity contribution in [1.29, 1.82) is 0 Å². The fourth-order valence-electron chi connectivity index (χ4n) is 1.42. The Hall–Kier alpha value is -2.00. The van der Waals surface area contributed by atoms with Crippen molar-refractivity contribution in [3.8, 4) is 0 Å². The van der Waals surface area contributed by atoms with Crippen molar-refractivity contribution in [2.75, 3.05) is 6.61 Å². The average Bonchev–Trinajstić information content (AvgIpc) is 2.40. The number of benzene rings is 1. The van der Waals surface area contributed by atoms with E-state index in [-0.39, 0.29) is 12.1 Å². The van der Waals surface area contributed by atoms with Crippen LogP contribution in [0.15, 0.2) is 0 Å². The lowest BCUT2D eigenvalue weighted by atomic mass is 10.0. The molecule has 6 nitrogen and oxygen atoms in total. The Balaban J connectivity index is 0.00000400. The second-order valence-corrected chi connectivity index (χ2v) is 3.89. The Bertz CT molecular complexity index is 594. The quantitative estimate of drug-likeness (QED) is 0.287. The number of esters is 1. The Labute approximate surface area is 121 Å². The molecule has 1 aromatic rings. The molecule has 2 N–H and O–H groups in total. The van der Waals surface area contributed by atoms with E-state index in [1.807, 2.05) is 0 Å². The number of carbonyl (C=O) groups is 2. The van der Waals surface area contributed by atoms with Crippen LogP contribution in [-0.4, -0.2) is 23.8 Å². The maximum atomic E-state index is 13.7. The zero-order valence-electron chi connectivity index (χ0n) is 10.5. The van der Waals surface area contributed by atoms with Crippen LogP contribution < -0.4 is 5.18 Å². The molecule has 1 aromatic carbocycles. The van der Waals surface area contributed by atoms with Gasteiger partial charge in [-0.1, -0.05) is 11.6 Å². The summed E-state index contributed by atoms with van der Waals surface area (Å²) in [7, 11) is 0. The number of ether oxygens (including phenoxy) is 1. The molecule has 1 rings (SSSR count). The number of carbonyl (C=O) groups excluding carboxylic acids is 2. The van der Waals surface area contributed by atoms with Gasteiger partial charge in [0.1, 0.15) is 17.0 Å². The highest BCUT2D eigenvalue weighted by Gasteiger charge is 2.33. The van der Waals surface area contributed by atoms with Crippen LogP contribution in [0.4, 0.5) is 18.9 Å². The van der Waals surface area contributed by atoms with Crippen molar-refractivity contribution in [2.24, 2.45) is 0 Å². The van der Waals surface area contributed by atoms with Crippen LogP contribution in [0.1, 0.15) is 23.7 Å². The summed E-state index contributed by atoms with van der Waals surface area (Å²) in [5, 5.41) is -0.361. The molecular formula is C11H9ClF3NO5. The van der Waals surface area contributed by atoms with Gasteiger partial charge in [-0.25, -0.2) is 8.78 Å². The van der Waals surface area contributed by atoms with Crippen LogP contribution >= 0.6 is 11.6 Å². The van der Waals surface area contributed by atoms with E-state index in [9.17, 15) is 27.7 Å². The van der Waals surface area contributed by atoms with Crippen LogP contribution in [0.5, 0.6) is 0 Å². The lowest BCUT2D eigenvalue weighted by Gasteiger charge is -2.05. The second kappa shape index (κ2) is 7.70. The summed E-state index contributed by atoms with van der Waals surface area (Å²) < 4.78 is 44.7. The van der Waals surface area contributed by atoms with Gasteiger partial charge in [-0.3, -0.25) is 9.59 Å².